The first-order valence-electron chi connectivity index (χ1n) is 6.66. The van der Waals surface area contributed by atoms with Gasteiger partial charge in [-0.15, -0.1) is 0 Å². The van der Waals surface area contributed by atoms with Crippen LogP contribution in [0.5, 0.6) is 0 Å². The number of aliphatic carboxylic acids is 1. The normalized spacial score (nSPS) is 23.2. The Morgan fingerprint density at radius 3 is 2.35 bits per heavy atom. The molecule has 0 aliphatic carbocycles. The van der Waals surface area contributed by atoms with E-state index >= 15 is 0 Å². The molecule has 7 nitrogen and oxygen atoms in total. The molecule has 1 aliphatic heterocycles. The maximum Gasteiger partial charge on any atom is 0.314 e. The second kappa shape index (κ2) is 6.11. The fourth-order valence-electron chi connectivity index (χ4n) is 2.28. The van der Waals surface area contributed by atoms with Gasteiger partial charge in [0.25, 0.3) is 0 Å². The second-order valence-electron chi connectivity index (χ2n) is 6.36. The van der Waals surface area contributed by atoms with Crippen molar-refractivity contribution in [1.82, 2.24) is 10.2 Å². The van der Waals surface area contributed by atoms with Crippen molar-refractivity contribution in [2.24, 2.45) is 17.1 Å². The second-order valence-corrected chi connectivity index (χ2v) is 6.36. The highest BCUT2D eigenvalue weighted by molar-refractivity contribution is 5.81. The van der Waals surface area contributed by atoms with Gasteiger partial charge in [-0.1, -0.05) is 20.8 Å². The van der Waals surface area contributed by atoms with Crippen LogP contribution in [0.1, 0.15) is 33.6 Å². The molecular weight excluding hydrogens is 262 g/mol. The molecule has 0 aromatic heterocycles. The van der Waals surface area contributed by atoms with E-state index in [4.69, 9.17) is 10.8 Å². The van der Waals surface area contributed by atoms with Gasteiger partial charge in [-0.2, -0.15) is 0 Å². The number of urea groups is 1. The lowest BCUT2D eigenvalue weighted by molar-refractivity contribution is -0.138. The van der Waals surface area contributed by atoms with Crippen LogP contribution >= 0.6 is 0 Å². The molecule has 3 amide bonds. The van der Waals surface area contributed by atoms with Crippen LogP contribution in [0.3, 0.4) is 0 Å². The molecule has 0 bridgehead atoms. The summed E-state index contributed by atoms with van der Waals surface area (Å²) in [5.74, 6) is -1.23. The van der Waals surface area contributed by atoms with E-state index in [1.165, 1.54) is 4.90 Å². The van der Waals surface area contributed by atoms with E-state index in [0.717, 1.165) is 0 Å². The Morgan fingerprint density at radius 1 is 1.30 bits per heavy atom. The average molecular weight is 285 g/mol. The highest BCUT2D eigenvalue weighted by Crippen LogP contribution is 2.21. The molecule has 1 rings (SSSR count). The summed E-state index contributed by atoms with van der Waals surface area (Å²) in [6, 6.07) is -0.845. The largest absolute Gasteiger partial charge is 0.481 e. The predicted molar refractivity (Wildman–Crippen MR) is 72.9 cm³/mol. The zero-order valence-electron chi connectivity index (χ0n) is 12.2. The fourth-order valence-corrected chi connectivity index (χ4v) is 2.28. The van der Waals surface area contributed by atoms with Gasteiger partial charge in [-0.3, -0.25) is 9.59 Å². The number of rotatable bonds is 3. The van der Waals surface area contributed by atoms with Crippen LogP contribution < -0.4 is 11.1 Å². The number of likely N-dealkylation sites (tertiary alicyclic amines) is 1. The molecule has 0 radical (unpaired) electrons. The Bertz CT molecular complexity index is 403. The van der Waals surface area contributed by atoms with Crippen LogP contribution in [-0.2, 0) is 9.59 Å². The van der Waals surface area contributed by atoms with Crippen molar-refractivity contribution in [3.05, 3.63) is 0 Å². The highest BCUT2D eigenvalue weighted by atomic mass is 16.4. The predicted octanol–water partition coefficient (Wildman–Crippen LogP) is 0.393. The number of hydrogen-bond donors (Lipinski definition) is 3. The molecule has 7 heteroatoms. The lowest BCUT2D eigenvalue weighted by Gasteiger charge is -2.37. The third kappa shape index (κ3) is 4.71. The lowest BCUT2D eigenvalue weighted by atomic mass is 9.89. The van der Waals surface area contributed by atoms with Gasteiger partial charge in [0.15, 0.2) is 0 Å². The molecule has 0 aromatic rings. The topological polar surface area (TPSA) is 113 Å². The van der Waals surface area contributed by atoms with E-state index in [9.17, 15) is 14.4 Å². The summed E-state index contributed by atoms with van der Waals surface area (Å²) >= 11 is 0. The van der Waals surface area contributed by atoms with Crippen molar-refractivity contribution in [3.8, 4) is 0 Å². The van der Waals surface area contributed by atoms with Gasteiger partial charge >= 0.3 is 12.0 Å². The van der Waals surface area contributed by atoms with E-state index in [0.29, 0.717) is 19.5 Å². The number of primary amides is 1. The molecule has 114 valence electrons. The average Bonchev–Trinajstić information content (AvgIpc) is 2.26. The number of carboxylic acid groups (broad SMARTS) is 1. The lowest BCUT2D eigenvalue weighted by Crippen LogP contribution is -2.55. The van der Waals surface area contributed by atoms with Crippen molar-refractivity contribution in [3.63, 3.8) is 0 Å². The summed E-state index contributed by atoms with van der Waals surface area (Å²) in [7, 11) is 0. The first-order valence-corrected chi connectivity index (χ1v) is 6.66. The summed E-state index contributed by atoms with van der Waals surface area (Å²) < 4.78 is 0. The molecule has 0 aromatic carbocycles. The van der Waals surface area contributed by atoms with Crippen LogP contribution in [-0.4, -0.2) is 47.0 Å². The third-order valence-corrected chi connectivity index (χ3v) is 3.33. The number of nitrogens with zero attached hydrogens (tertiary/aromatic N) is 1. The molecule has 1 heterocycles. The van der Waals surface area contributed by atoms with Crippen LogP contribution in [0.15, 0.2) is 0 Å². The van der Waals surface area contributed by atoms with Crippen LogP contribution in [0.2, 0.25) is 0 Å². The summed E-state index contributed by atoms with van der Waals surface area (Å²) in [6.07, 6.45) is 0.504. The fraction of sp³-hybridized carbons (Fsp3) is 0.769. The third-order valence-electron chi connectivity index (χ3n) is 3.33. The van der Waals surface area contributed by atoms with Gasteiger partial charge in [0.05, 0.1) is 0 Å². The van der Waals surface area contributed by atoms with Gasteiger partial charge in [0.1, 0.15) is 0 Å². The van der Waals surface area contributed by atoms with Crippen LogP contribution in [0.25, 0.3) is 0 Å². The summed E-state index contributed by atoms with van der Waals surface area (Å²) in [5, 5.41) is 11.7. The number of amides is 3. The highest BCUT2D eigenvalue weighted by Gasteiger charge is 2.33. The quantitative estimate of drug-likeness (QED) is 0.696. The van der Waals surface area contributed by atoms with E-state index in [2.05, 4.69) is 5.32 Å². The van der Waals surface area contributed by atoms with E-state index < -0.39 is 17.4 Å². The summed E-state index contributed by atoms with van der Waals surface area (Å²) in [4.78, 5) is 35.5. The molecule has 4 N–H and O–H groups in total. The number of piperidine rings is 1. The van der Waals surface area contributed by atoms with Gasteiger partial charge in [-0.25, -0.2) is 4.79 Å². The number of nitrogens with two attached hydrogens (primary N) is 1. The minimum Gasteiger partial charge on any atom is -0.481 e. The molecule has 2 atom stereocenters. The summed E-state index contributed by atoms with van der Waals surface area (Å²) in [5.41, 5.74) is 4.74. The molecule has 0 spiro atoms. The minimum atomic E-state index is -0.915. The molecule has 1 aliphatic rings. The maximum atomic E-state index is 12.0. The number of carbonyl (C=O) groups is 3. The molecule has 1 fully saturated rings. The van der Waals surface area contributed by atoms with Gasteiger partial charge in [0.2, 0.25) is 5.91 Å². The zero-order chi connectivity index (χ0) is 15.5. The molecular formula is C13H23N3O4. The molecule has 2 unspecified atom stereocenters. The Labute approximate surface area is 118 Å². The monoisotopic (exact) mass is 285 g/mol. The first-order chi connectivity index (χ1) is 9.09. The van der Waals surface area contributed by atoms with Crippen LogP contribution in [0, 0.1) is 11.3 Å². The summed E-state index contributed by atoms with van der Waals surface area (Å²) in [6.45, 7) is 6.04. The molecule has 0 saturated carbocycles. The molecule has 20 heavy (non-hydrogen) atoms. The maximum absolute atomic E-state index is 12.0. The smallest absolute Gasteiger partial charge is 0.314 e. The van der Waals surface area contributed by atoms with E-state index in [1.807, 2.05) is 0 Å². The zero-order valence-corrected chi connectivity index (χ0v) is 12.2. The Hall–Kier alpha value is -1.79. The van der Waals surface area contributed by atoms with Crippen molar-refractivity contribution < 1.29 is 19.5 Å². The van der Waals surface area contributed by atoms with Crippen molar-refractivity contribution >= 4 is 17.9 Å². The van der Waals surface area contributed by atoms with Crippen molar-refractivity contribution in [2.75, 3.05) is 13.1 Å². The molecule has 1 saturated heterocycles. The number of carbonyl (C=O) groups excluding carboxylic acids is 2. The number of hydrogen-bond acceptors (Lipinski definition) is 3. The number of carboxylic acids is 1. The Morgan fingerprint density at radius 2 is 1.90 bits per heavy atom. The SMILES string of the molecule is CC(C)(C)C(=O)NC1CC(CC(=O)O)CN(C(N)=O)C1. The van der Waals surface area contributed by atoms with E-state index in [-0.39, 0.29) is 24.3 Å². The first kappa shape index (κ1) is 16.3. The Balaban J connectivity index is 2.72. The standard InChI is InChI=1S/C13H23N3O4/c1-13(2,3)11(19)15-9-4-8(5-10(17)18)6-16(7-9)12(14)20/h8-9H,4-7H2,1-3H3,(H2,14,20)(H,15,19)(H,17,18). The number of nitrogens with one attached hydrogen (secondary N) is 1. The van der Waals surface area contributed by atoms with Crippen LogP contribution in [0.4, 0.5) is 4.79 Å². The van der Waals surface area contributed by atoms with Gasteiger partial charge < -0.3 is 21.1 Å². The van der Waals surface area contributed by atoms with Crippen molar-refractivity contribution in [1.29, 1.82) is 0 Å². The van der Waals surface area contributed by atoms with Gasteiger partial charge in [0, 0.05) is 31.0 Å². The van der Waals surface area contributed by atoms with Crippen molar-refractivity contribution in [2.45, 2.75) is 39.7 Å². The van der Waals surface area contributed by atoms with E-state index in [1.54, 1.807) is 20.8 Å². The van der Waals surface area contributed by atoms with Gasteiger partial charge in [-0.05, 0) is 12.3 Å². The minimum absolute atomic E-state index is 0.0360. The Kier molecular flexibility index (Phi) is 4.97.